The minimum Gasteiger partial charge on any atom is -0.496 e. The van der Waals surface area contributed by atoms with Gasteiger partial charge in [0.1, 0.15) is 5.75 Å². The highest BCUT2D eigenvalue weighted by Crippen LogP contribution is 2.34. The first kappa shape index (κ1) is 13.9. The maximum absolute atomic E-state index is 5.35. The van der Waals surface area contributed by atoms with Crippen molar-refractivity contribution in [1.29, 1.82) is 0 Å². The highest BCUT2D eigenvalue weighted by atomic mass is 32.2. The maximum Gasteiger partial charge on any atom is 0.132 e. The Morgan fingerprint density at radius 2 is 2.00 bits per heavy atom. The number of hydrogen-bond donors (Lipinski definition) is 1. The molecule has 1 unspecified atom stereocenters. The molecule has 100 valence electrons. The van der Waals surface area contributed by atoms with Crippen LogP contribution in [-0.2, 0) is 0 Å². The molecule has 0 spiro atoms. The van der Waals surface area contributed by atoms with Crippen molar-refractivity contribution >= 4 is 11.8 Å². The van der Waals surface area contributed by atoms with E-state index in [0.29, 0.717) is 0 Å². The molecule has 1 atom stereocenters. The third-order valence-corrected chi connectivity index (χ3v) is 3.97. The fourth-order valence-corrected chi connectivity index (χ4v) is 2.58. The van der Waals surface area contributed by atoms with Crippen LogP contribution < -0.4 is 10.1 Å². The van der Waals surface area contributed by atoms with Gasteiger partial charge in [0.25, 0.3) is 0 Å². The molecule has 19 heavy (non-hydrogen) atoms. The van der Waals surface area contributed by atoms with Gasteiger partial charge in [-0.15, -0.1) is 0 Å². The van der Waals surface area contributed by atoms with Crippen LogP contribution >= 0.6 is 11.8 Å². The van der Waals surface area contributed by atoms with Gasteiger partial charge in [0, 0.05) is 17.1 Å². The monoisotopic (exact) mass is 274 g/mol. The topological polar surface area (TPSA) is 34.1 Å². The fourth-order valence-electron chi connectivity index (χ4n) is 1.69. The first-order valence-electron chi connectivity index (χ1n) is 6.18. The van der Waals surface area contributed by atoms with E-state index < -0.39 is 0 Å². The summed E-state index contributed by atoms with van der Waals surface area (Å²) in [6, 6.07) is 12.4. The van der Waals surface area contributed by atoms with Crippen LogP contribution in [0.15, 0.2) is 52.4 Å². The maximum atomic E-state index is 5.35. The minimum absolute atomic E-state index is 0.269. The molecule has 1 N–H and O–H groups in total. The number of hydrogen-bond acceptors (Lipinski definition) is 4. The number of benzene rings is 1. The second-order valence-electron chi connectivity index (χ2n) is 4.18. The van der Waals surface area contributed by atoms with Crippen molar-refractivity contribution in [3.63, 3.8) is 0 Å². The Labute approximate surface area is 118 Å². The molecule has 4 heteroatoms. The predicted octanol–water partition coefficient (Wildman–Crippen LogP) is 3.52. The molecule has 0 aliphatic carbocycles. The van der Waals surface area contributed by atoms with Crippen LogP contribution in [0.25, 0.3) is 0 Å². The molecule has 0 aliphatic rings. The van der Waals surface area contributed by atoms with E-state index in [4.69, 9.17) is 4.74 Å². The fraction of sp³-hybridized carbons (Fsp3) is 0.267. The summed E-state index contributed by atoms with van der Waals surface area (Å²) in [6.07, 6.45) is 1.90. The Kier molecular flexibility index (Phi) is 4.82. The third kappa shape index (κ3) is 3.49. The first-order chi connectivity index (χ1) is 9.24. The molecule has 0 saturated carbocycles. The molecule has 3 nitrogen and oxygen atoms in total. The number of ether oxygens (including phenoxy) is 1. The smallest absolute Gasteiger partial charge is 0.132 e. The van der Waals surface area contributed by atoms with E-state index in [9.17, 15) is 0 Å². The SMILES string of the molecule is CNC(C)c1ccc(Sc2ccccc2OC)cn1. The molecular formula is C15H18N2OS. The van der Waals surface area contributed by atoms with Crippen LogP contribution in [0, 0.1) is 0 Å². The molecule has 0 aliphatic heterocycles. The lowest BCUT2D eigenvalue weighted by Gasteiger charge is -2.10. The van der Waals surface area contributed by atoms with Crippen molar-refractivity contribution < 1.29 is 4.74 Å². The van der Waals surface area contributed by atoms with Crippen molar-refractivity contribution in [3.05, 3.63) is 48.3 Å². The van der Waals surface area contributed by atoms with Gasteiger partial charge in [0.2, 0.25) is 0 Å². The van der Waals surface area contributed by atoms with Crippen LogP contribution in [0.3, 0.4) is 0 Å². The predicted molar refractivity (Wildman–Crippen MR) is 78.8 cm³/mol. The Bertz CT molecular complexity index is 528. The quantitative estimate of drug-likeness (QED) is 0.904. The average Bonchev–Trinajstić information content (AvgIpc) is 2.48. The van der Waals surface area contributed by atoms with Gasteiger partial charge in [0.05, 0.1) is 17.7 Å². The molecule has 2 rings (SSSR count). The van der Waals surface area contributed by atoms with E-state index in [1.807, 2.05) is 37.5 Å². The van der Waals surface area contributed by atoms with Gasteiger partial charge >= 0.3 is 0 Å². The van der Waals surface area contributed by atoms with E-state index >= 15 is 0 Å². The van der Waals surface area contributed by atoms with Crippen molar-refractivity contribution in [2.75, 3.05) is 14.2 Å². The van der Waals surface area contributed by atoms with Crippen LogP contribution in [0.5, 0.6) is 5.75 Å². The zero-order valence-electron chi connectivity index (χ0n) is 11.4. The highest BCUT2D eigenvalue weighted by Gasteiger charge is 2.06. The lowest BCUT2D eigenvalue weighted by molar-refractivity contribution is 0.405. The van der Waals surface area contributed by atoms with E-state index in [2.05, 4.69) is 29.4 Å². The van der Waals surface area contributed by atoms with Gasteiger partial charge in [-0.3, -0.25) is 4.98 Å². The second-order valence-corrected chi connectivity index (χ2v) is 5.30. The number of aromatic nitrogens is 1. The Morgan fingerprint density at radius 1 is 1.21 bits per heavy atom. The molecule has 0 bridgehead atoms. The molecule has 0 fully saturated rings. The van der Waals surface area contributed by atoms with Gasteiger partial charge in [-0.05, 0) is 38.2 Å². The molecular weight excluding hydrogens is 256 g/mol. The van der Waals surface area contributed by atoms with E-state index in [1.54, 1.807) is 18.9 Å². The summed E-state index contributed by atoms with van der Waals surface area (Å²) in [6.45, 7) is 2.09. The Morgan fingerprint density at radius 3 is 2.63 bits per heavy atom. The van der Waals surface area contributed by atoms with Crippen molar-refractivity contribution in [1.82, 2.24) is 10.3 Å². The standard InChI is InChI=1S/C15H18N2OS/c1-11(16-2)13-9-8-12(10-17-13)19-15-7-5-4-6-14(15)18-3/h4-11,16H,1-3H3. The lowest BCUT2D eigenvalue weighted by atomic mass is 10.2. The summed E-state index contributed by atoms with van der Waals surface area (Å²) in [5.74, 6) is 0.889. The summed E-state index contributed by atoms with van der Waals surface area (Å²) in [7, 11) is 3.62. The van der Waals surface area contributed by atoms with Gasteiger partial charge in [-0.2, -0.15) is 0 Å². The average molecular weight is 274 g/mol. The molecule has 0 amide bonds. The molecule has 2 aromatic rings. The zero-order chi connectivity index (χ0) is 13.7. The third-order valence-electron chi connectivity index (χ3n) is 2.93. The molecule has 0 radical (unpaired) electrons. The molecule has 1 aromatic carbocycles. The number of para-hydroxylation sites is 1. The minimum atomic E-state index is 0.269. The molecule has 1 heterocycles. The van der Waals surface area contributed by atoms with Crippen molar-refractivity contribution in [2.45, 2.75) is 22.8 Å². The van der Waals surface area contributed by atoms with Crippen LogP contribution in [0.4, 0.5) is 0 Å². The largest absolute Gasteiger partial charge is 0.496 e. The first-order valence-corrected chi connectivity index (χ1v) is 7.00. The normalized spacial score (nSPS) is 12.2. The summed E-state index contributed by atoms with van der Waals surface area (Å²) in [5, 5.41) is 3.18. The van der Waals surface area contributed by atoms with Gasteiger partial charge in [-0.1, -0.05) is 23.9 Å². The van der Waals surface area contributed by atoms with Crippen molar-refractivity contribution in [2.24, 2.45) is 0 Å². The van der Waals surface area contributed by atoms with E-state index in [-0.39, 0.29) is 6.04 Å². The van der Waals surface area contributed by atoms with Crippen LogP contribution in [-0.4, -0.2) is 19.1 Å². The van der Waals surface area contributed by atoms with E-state index in [0.717, 1.165) is 21.2 Å². The zero-order valence-corrected chi connectivity index (χ0v) is 12.2. The summed E-state index contributed by atoms with van der Waals surface area (Å²) >= 11 is 1.66. The van der Waals surface area contributed by atoms with Crippen LogP contribution in [0.2, 0.25) is 0 Å². The lowest BCUT2D eigenvalue weighted by Crippen LogP contribution is -2.13. The Hall–Kier alpha value is -1.52. The summed E-state index contributed by atoms with van der Waals surface area (Å²) in [5.41, 5.74) is 1.05. The molecule has 1 aromatic heterocycles. The number of nitrogens with zero attached hydrogens (tertiary/aromatic N) is 1. The van der Waals surface area contributed by atoms with Gasteiger partial charge in [-0.25, -0.2) is 0 Å². The van der Waals surface area contributed by atoms with E-state index in [1.165, 1.54) is 0 Å². The number of rotatable bonds is 5. The van der Waals surface area contributed by atoms with Gasteiger partial charge < -0.3 is 10.1 Å². The Balaban J connectivity index is 2.15. The second kappa shape index (κ2) is 6.59. The number of pyridine rings is 1. The number of nitrogens with one attached hydrogen (secondary N) is 1. The highest BCUT2D eigenvalue weighted by molar-refractivity contribution is 7.99. The van der Waals surface area contributed by atoms with Gasteiger partial charge in [0.15, 0.2) is 0 Å². The molecule has 0 saturated heterocycles. The van der Waals surface area contributed by atoms with Crippen LogP contribution in [0.1, 0.15) is 18.7 Å². The summed E-state index contributed by atoms with van der Waals surface area (Å²) < 4.78 is 5.35. The van der Waals surface area contributed by atoms with Crippen molar-refractivity contribution in [3.8, 4) is 5.75 Å². The summed E-state index contributed by atoms with van der Waals surface area (Å²) in [4.78, 5) is 6.68. The number of methoxy groups -OCH3 is 1.